The highest BCUT2D eigenvalue weighted by molar-refractivity contribution is 6.01. The minimum absolute atomic E-state index is 0.0273. The van der Waals surface area contributed by atoms with Gasteiger partial charge < -0.3 is 16.4 Å². The Morgan fingerprint density at radius 3 is 2.62 bits per heavy atom. The first-order valence-electron chi connectivity index (χ1n) is 10.2. The maximum Gasteiger partial charge on any atom is 0.187 e. The zero-order valence-corrected chi connectivity index (χ0v) is 17.1. The summed E-state index contributed by atoms with van der Waals surface area (Å²) in [5.41, 5.74) is 12.8. The van der Waals surface area contributed by atoms with Crippen molar-refractivity contribution in [2.45, 2.75) is 25.1 Å². The molecule has 0 amide bonds. The Kier molecular flexibility index (Phi) is 6.09. The van der Waals surface area contributed by atoms with Gasteiger partial charge in [0.1, 0.15) is 23.5 Å². The largest absolute Gasteiger partial charge is 0.397 e. The number of hydrogen-bond donors (Lipinski definition) is 2. The highest BCUT2D eigenvalue weighted by atomic mass is 19.1. The van der Waals surface area contributed by atoms with Crippen molar-refractivity contribution in [3.05, 3.63) is 71.7 Å². The fraction of sp³-hybridized carbons (Fsp3) is 0.261. The number of benzene rings is 1. The average molecular weight is 441 g/mol. The summed E-state index contributed by atoms with van der Waals surface area (Å²) in [7, 11) is 0. The number of nitrogens with two attached hydrogens (primary N) is 2. The lowest BCUT2D eigenvalue weighted by atomic mass is 10.0. The van der Waals surface area contributed by atoms with Crippen molar-refractivity contribution in [1.29, 1.82) is 0 Å². The van der Waals surface area contributed by atoms with Crippen LogP contribution in [0, 0.1) is 11.6 Å². The van der Waals surface area contributed by atoms with Gasteiger partial charge in [0, 0.05) is 43.2 Å². The van der Waals surface area contributed by atoms with E-state index in [4.69, 9.17) is 11.5 Å². The molecular formula is C23H22F3N5O. The number of piperidine rings is 1. The fourth-order valence-electron chi connectivity index (χ4n) is 3.87. The zero-order valence-electron chi connectivity index (χ0n) is 17.1. The standard InChI is InChI=1S/C23H22F3N5O/c24-14-7-9-31(12-18(14)28)20-6-8-29-11-13(20)10-21(32)23-17(27)4-5-19(30-23)22-15(25)2-1-3-16(22)26/h1-6,8,11,14,18H,7,9-10,12,27-28H2/t14-,18-/m0/s1. The lowest BCUT2D eigenvalue weighted by Gasteiger charge is -2.35. The van der Waals surface area contributed by atoms with E-state index in [9.17, 15) is 18.0 Å². The van der Waals surface area contributed by atoms with Gasteiger partial charge in [0.05, 0.1) is 23.0 Å². The number of rotatable bonds is 5. The van der Waals surface area contributed by atoms with Gasteiger partial charge in [-0.2, -0.15) is 0 Å². The quantitative estimate of drug-likeness (QED) is 0.590. The van der Waals surface area contributed by atoms with Gasteiger partial charge in [-0.05, 0) is 36.8 Å². The van der Waals surface area contributed by atoms with Gasteiger partial charge in [-0.1, -0.05) is 6.07 Å². The molecule has 9 heteroatoms. The number of hydrogen-bond acceptors (Lipinski definition) is 6. The number of carbonyl (C=O) groups is 1. The van der Waals surface area contributed by atoms with Crippen molar-refractivity contribution < 1.29 is 18.0 Å². The van der Waals surface area contributed by atoms with Crippen LogP contribution in [0.15, 0.2) is 48.8 Å². The SMILES string of the molecule is Nc1ccc(-c2c(F)cccc2F)nc1C(=O)Cc1cnccc1N1CC[C@H](F)[C@@H](N)C1. The van der Waals surface area contributed by atoms with Crippen LogP contribution in [-0.2, 0) is 6.42 Å². The van der Waals surface area contributed by atoms with Crippen molar-refractivity contribution in [2.75, 3.05) is 23.7 Å². The van der Waals surface area contributed by atoms with Gasteiger partial charge in [-0.15, -0.1) is 0 Å². The molecule has 0 radical (unpaired) electrons. The molecular weight excluding hydrogens is 419 g/mol. The van der Waals surface area contributed by atoms with Crippen LogP contribution < -0.4 is 16.4 Å². The minimum Gasteiger partial charge on any atom is -0.397 e. The lowest BCUT2D eigenvalue weighted by molar-refractivity contribution is 0.0989. The van der Waals surface area contributed by atoms with Crippen LogP contribution in [0.25, 0.3) is 11.3 Å². The van der Waals surface area contributed by atoms with Crippen LogP contribution >= 0.6 is 0 Å². The molecule has 1 aromatic carbocycles. The van der Waals surface area contributed by atoms with Crippen LogP contribution in [-0.4, -0.2) is 41.1 Å². The van der Waals surface area contributed by atoms with Gasteiger partial charge in [-0.25, -0.2) is 18.2 Å². The van der Waals surface area contributed by atoms with Gasteiger partial charge in [0.15, 0.2) is 5.78 Å². The molecule has 2 atom stereocenters. The predicted molar refractivity (Wildman–Crippen MR) is 116 cm³/mol. The van der Waals surface area contributed by atoms with E-state index in [1.807, 2.05) is 4.90 Å². The van der Waals surface area contributed by atoms with E-state index in [-0.39, 0.29) is 29.1 Å². The van der Waals surface area contributed by atoms with E-state index in [0.29, 0.717) is 25.1 Å². The Morgan fingerprint density at radius 2 is 1.91 bits per heavy atom. The molecule has 0 bridgehead atoms. The third-order valence-electron chi connectivity index (χ3n) is 5.55. The summed E-state index contributed by atoms with van der Waals surface area (Å²) in [5.74, 6) is -2.01. The number of ketones is 1. The lowest BCUT2D eigenvalue weighted by Crippen LogP contribution is -2.50. The molecule has 32 heavy (non-hydrogen) atoms. The highest BCUT2D eigenvalue weighted by Crippen LogP contribution is 2.28. The van der Waals surface area contributed by atoms with Gasteiger partial charge >= 0.3 is 0 Å². The number of halogens is 3. The van der Waals surface area contributed by atoms with Crippen LogP contribution in [0.4, 0.5) is 24.5 Å². The summed E-state index contributed by atoms with van der Waals surface area (Å²) in [6, 6.07) is 7.37. The molecule has 1 aliphatic heterocycles. The van der Waals surface area contributed by atoms with Crippen molar-refractivity contribution in [3.63, 3.8) is 0 Å². The molecule has 2 aromatic heterocycles. The highest BCUT2D eigenvalue weighted by Gasteiger charge is 2.28. The fourth-order valence-corrected chi connectivity index (χ4v) is 3.87. The number of carbonyl (C=O) groups excluding carboxylic acids is 1. The third-order valence-corrected chi connectivity index (χ3v) is 5.55. The predicted octanol–water partition coefficient (Wildman–Crippen LogP) is 3.30. The first kappa shape index (κ1) is 21.8. The van der Waals surface area contributed by atoms with Gasteiger partial charge in [0.2, 0.25) is 0 Å². The van der Waals surface area contributed by atoms with Crippen molar-refractivity contribution in [1.82, 2.24) is 9.97 Å². The monoisotopic (exact) mass is 441 g/mol. The van der Waals surface area contributed by atoms with E-state index >= 15 is 0 Å². The Balaban J connectivity index is 1.63. The summed E-state index contributed by atoms with van der Waals surface area (Å²) in [5, 5.41) is 0. The molecule has 0 unspecified atom stereocenters. The molecule has 3 heterocycles. The molecule has 3 aromatic rings. The molecule has 1 aliphatic rings. The van der Waals surface area contributed by atoms with Crippen LogP contribution in [0.1, 0.15) is 22.5 Å². The topological polar surface area (TPSA) is 98.1 Å². The van der Waals surface area contributed by atoms with Crippen molar-refractivity contribution >= 4 is 17.2 Å². The Hall–Kier alpha value is -3.46. The molecule has 1 fully saturated rings. The molecule has 6 nitrogen and oxygen atoms in total. The smallest absolute Gasteiger partial charge is 0.187 e. The number of nitrogens with zero attached hydrogens (tertiary/aromatic N) is 3. The van der Waals surface area contributed by atoms with Crippen LogP contribution in [0.5, 0.6) is 0 Å². The van der Waals surface area contributed by atoms with Crippen LogP contribution in [0.3, 0.4) is 0 Å². The first-order chi connectivity index (χ1) is 15.3. The first-order valence-corrected chi connectivity index (χ1v) is 10.2. The van der Waals surface area contributed by atoms with Gasteiger partial charge in [-0.3, -0.25) is 9.78 Å². The Bertz CT molecular complexity index is 1140. The summed E-state index contributed by atoms with van der Waals surface area (Å²) < 4.78 is 42.2. The van der Waals surface area contributed by atoms with Crippen molar-refractivity contribution in [2.24, 2.45) is 5.73 Å². The second-order valence-electron chi connectivity index (χ2n) is 7.75. The molecule has 0 saturated carbocycles. The zero-order chi connectivity index (χ0) is 22.8. The van der Waals surface area contributed by atoms with E-state index in [1.165, 1.54) is 18.2 Å². The van der Waals surface area contributed by atoms with E-state index in [0.717, 1.165) is 17.8 Å². The maximum absolute atomic E-state index is 14.2. The molecule has 0 spiro atoms. The summed E-state index contributed by atoms with van der Waals surface area (Å²) in [6.07, 6.45) is 2.28. The Labute approximate surface area is 183 Å². The second-order valence-corrected chi connectivity index (χ2v) is 7.75. The van der Waals surface area contributed by atoms with E-state index in [1.54, 1.807) is 18.5 Å². The third kappa shape index (κ3) is 4.29. The number of nitrogen functional groups attached to an aromatic ring is 1. The average Bonchev–Trinajstić information content (AvgIpc) is 2.77. The van der Waals surface area contributed by atoms with Crippen molar-refractivity contribution in [3.8, 4) is 11.3 Å². The molecule has 0 aliphatic carbocycles. The molecule has 4 rings (SSSR count). The molecule has 4 N–H and O–H groups in total. The Morgan fingerprint density at radius 1 is 1.16 bits per heavy atom. The number of aromatic nitrogens is 2. The van der Waals surface area contributed by atoms with Crippen LogP contribution in [0.2, 0.25) is 0 Å². The molecule has 1 saturated heterocycles. The summed E-state index contributed by atoms with van der Waals surface area (Å²) in [6.45, 7) is 0.775. The summed E-state index contributed by atoms with van der Waals surface area (Å²) in [4.78, 5) is 23.3. The molecule has 166 valence electrons. The number of Topliss-reactive ketones (excluding diaryl/α,β-unsaturated/α-hetero) is 1. The van der Waals surface area contributed by atoms with E-state index in [2.05, 4.69) is 9.97 Å². The number of alkyl halides is 1. The second kappa shape index (κ2) is 8.96. The normalized spacial score (nSPS) is 18.6. The number of pyridine rings is 2. The maximum atomic E-state index is 14.2. The van der Waals surface area contributed by atoms with E-state index < -0.39 is 29.6 Å². The minimum atomic E-state index is -1.07. The summed E-state index contributed by atoms with van der Waals surface area (Å²) >= 11 is 0. The van der Waals surface area contributed by atoms with Gasteiger partial charge in [0.25, 0.3) is 0 Å². The number of anilines is 2.